The second-order valence-corrected chi connectivity index (χ2v) is 3.20. The van der Waals surface area contributed by atoms with E-state index in [2.05, 4.69) is 11.2 Å². The summed E-state index contributed by atoms with van der Waals surface area (Å²) >= 11 is 0. The molecule has 1 heterocycles. The molecule has 4 nitrogen and oxygen atoms in total. The van der Waals surface area contributed by atoms with Gasteiger partial charge in [0.1, 0.15) is 0 Å². The molecule has 1 atom stereocenters. The van der Waals surface area contributed by atoms with Gasteiger partial charge in [0.05, 0.1) is 17.8 Å². The minimum absolute atomic E-state index is 0.0676. The van der Waals surface area contributed by atoms with Gasteiger partial charge in [0, 0.05) is 19.8 Å². The normalized spacial score (nSPS) is 12.8. The van der Waals surface area contributed by atoms with E-state index in [0.29, 0.717) is 0 Å². The van der Waals surface area contributed by atoms with Crippen LogP contribution in [0.25, 0.3) is 0 Å². The zero-order valence-electron chi connectivity index (χ0n) is 8.23. The predicted molar refractivity (Wildman–Crippen MR) is 49.8 cm³/mol. The molecule has 0 spiro atoms. The number of aromatic nitrogens is 2. The fourth-order valence-electron chi connectivity index (χ4n) is 1.04. The largest absolute Gasteiger partial charge is 0.285 e. The Morgan fingerprint density at radius 3 is 2.92 bits per heavy atom. The van der Waals surface area contributed by atoms with Crippen LogP contribution in [0.15, 0.2) is 12.3 Å². The zero-order chi connectivity index (χ0) is 9.84. The van der Waals surface area contributed by atoms with E-state index in [0.717, 1.165) is 12.2 Å². The van der Waals surface area contributed by atoms with Crippen molar-refractivity contribution in [2.45, 2.75) is 19.5 Å². The number of hydrogen-bond donors (Lipinski definition) is 0. The summed E-state index contributed by atoms with van der Waals surface area (Å²) in [6, 6.07) is 4.07. The summed E-state index contributed by atoms with van der Waals surface area (Å²) < 4.78 is 1.76. The highest BCUT2D eigenvalue weighted by atomic mass is 15.3. The summed E-state index contributed by atoms with van der Waals surface area (Å²) in [5.41, 5.74) is 0.993. The van der Waals surface area contributed by atoms with Crippen molar-refractivity contribution in [2.75, 3.05) is 7.05 Å². The van der Waals surface area contributed by atoms with Gasteiger partial charge in [0.15, 0.2) is 0 Å². The van der Waals surface area contributed by atoms with Crippen molar-refractivity contribution in [3.8, 4) is 6.07 Å². The molecule has 1 aromatic rings. The Labute approximate surface area is 78.4 Å². The molecule has 0 aliphatic rings. The van der Waals surface area contributed by atoms with E-state index >= 15 is 0 Å². The van der Waals surface area contributed by atoms with Gasteiger partial charge in [-0.1, -0.05) is 0 Å². The van der Waals surface area contributed by atoms with E-state index in [9.17, 15) is 0 Å². The van der Waals surface area contributed by atoms with Crippen molar-refractivity contribution in [3.05, 3.63) is 18.0 Å². The summed E-state index contributed by atoms with van der Waals surface area (Å²) in [6.07, 6.45) is 1.90. The number of nitriles is 1. The summed E-state index contributed by atoms with van der Waals surface area (Å²) in [5, 5.41) is 12.9. The topological polar surface area (TPSA) is 44.9 Å². The van der Waals surface area contributed by atoms with Crippen molar-refractivity contribution in [3.63, 3.8) is 0 Å². The van der Waals surface area contributed by atoms with E-state index in [1.54, 1.807) is 4.68 Å². The molecule has 4 heteroatoms. The summed E-state index contributed by atoms with van der Waals surface area (Å²) in [5.74, 6) is 0. The van der Waals surface area contributed by atoms with Crippen LogP contribution in [0.5, 0.6) is 0 Å². The van der Waals surface area contributed by atoms with E-state index in [1.165, 1.54) is 0 Å². The molecule has 0 N–H and O–H groups in total. The quantitative estimate of drug-likeness (QED) is 0.686. The Bertz CT molecular complexity index is 310. The molecule has 0 radical (unpaired) electrons. The lowest BCUT2D eigenvalue weighted by molar-refractivity contribution is 0.290. The van der Waals surface area contributed by atoms with Crippen LogP contribution in [0.3, 0.4) is 0 Å². The first kappa shape index (κ1) is 9.75. The molecule has 0 saturated heterocycles. The molecular formula is C9H14N4. The maximum atomic E-state index is 8.67. The highest BCUT2D eigenvalue weighted by Gasteiger charge is 2.08. The molecule has 0 saturated carbocycles. The van der Waals surface area contributed by atoms with Crippen LogP contribution in [-0.2, 0) is 13.6 Å². The van der Waals surface area contributed by atoms with Crippen molar-refractivity contribution in [1.82, 2.24) is 14.7 Å². The molecule has 70 valence electrons. The lowest BCUT2D eigenvalue weighted by atomic mass is 10.3. The maximum Gasteiger partial charge on any atom is 0.0950 e. The Hall–Kier alpha value is -1.34. The summed E-state index contributed by atoms with van der Waals surface area (Å²) in [7, 11) is 3.81. The van der Waals surface area contributed by atoms with E-state index in [4.69, 9.17) is 5.26 Å². The standard InChI is InChI=1S/C9H14N4/c1-8(6-10)12(2)7-9-4-5-13(3)11-9/h4-5,8H,7H2,1-3H3. The van der Waals surface area contributed by atoms with Gasteiger partial charge in [-0.15, -0.1) is 0 Å². The lowest BCUT2D eigenvalue weighted by Crippen LogP contribution is -2.27. The molecule has 0 bridgehead atoms. The number of nitrogens with zero attached hydrogens (tertiary/aromatic N) is 4. The van der Waals surface area contributed by atoms with Crippen LogP contribution < -0.4 is 0 Å². The number of aryl methyl sites for hydroxylation is 1. The molecule has 0 aromatic carbocycles. The van der Waals surface area contributed by atoms with Crippen LogP contribution in [0.2, 0.25) is 0 Å². The monoisotopic (exact) mass is 178 g/mol. The second kappa shape index (κ2) is 4.06. The molecule has 13 heavy (non-hydrogen) atoms. The van der Waals surface area contributed by atoms with Gasteiger partial charge < -0.3 is 0 Å². The molecule has 0 amide bonds. The van der Waals surface area contributed by atoms with Gasteiger partial charge in [0.2, 0.25) is 0 Å². The van der Waals surface area contributed by atoms with E-state index in [-0.39, 0.29) is 6.04 Å². The van der Waals surface area contributed by atoms with E-state index in [1.807, 2.05) is 38.2 Å². The average molecular weight is 178 g/mol. The predicted octanol–water partition coefficient (Wildman–Crippen LogP) is 0.764. The van der Waals surface area contributed by atoms with Gasteiger partial charge in [-0.05, 0) is 20.0 Å². The summed E-state index contributed by atoms with van der Waals surface area (Å²) in [4.78, 5) is 1.96. The third-order valence-electron chi connectivity index (χ3n) is 2.03. The van der Waals surface area contributed by atoms with Crippen molar-refractivity contribution in [2.24, 2.45) is 7.05 Å². The fourth-order valence-corrected chi connectivity index (χ4v) is 1.04. The SMILES string of the molecule is CC(C#N)N(C)Cc1ccn(C)n1. The van der Waals surface area contributed by atoms with Gasteiger partial charge in [-0.3, -0.25) is 9.58 Å². The third kappa shape index (κ3) is 2.56. The fraction of sp³-hybridized carbons (Fsp3) is 0.556. The molecule has 1 unspecified atom stereocenters. The lowest BCUT2D eigenvalue weighted by Gasteiger charge is -2.16. The second-order valence-electron chi connectivity index (χ2n) is 3.20. The maximum absolute atomic E-state index is 8.67. The average Bonchev–Trinajstić information content (AvgIpc) is 2.49. The molecule has 0 fully saturated rings. The summed E-state index contributed by atoms with van der Waals surface area (Å²) in [6.45, 7) is 2.60. The number of rotatable bonds is 3. The highest BCUT2D eigenvalue weighted by Crippen LogP contribution is 2.02. The molecule has 0 aliphatic heterocycles. The first-order valence-corrected chi connectivity index (χ1v) is 4.22. The van der Waals surface area contributed by atoms with Gasteiger partial charge >= 0.3 is 0 Å². The first-order chi connectivity index (χ1) is 6.13. The minimum Gasteiger partial charge on any atom is -0.285 e. The van der Waals surface area contributed by atoms with Crippen LogP contribution >= 0.6 is 0 Å². The van der Waals surface area contributed by atoms with Crippen LogP contribution in [0.4, 0.5) is 0 Å². The Morgan fingerprint density at radius 2 is 2.46 bits per heavy atom. The van der Waals surface area contributed by atoms with Crippen LogP contribution in [-0.4, -0.2) is 27.8 Å². The van der Waals surface area contributed by atoms with Crippen LogP contribution in [0.1, 0.15) is 12.6 Å². The minimum atomic E-state index is -0.0676. The van der Waals surface area contributed by atoms with Crippen molar-refractivity contribution < 1.29 is 0 Å². The van der Waals surface area contributed by atoms with E-state index < -0.39 is 0 Å². The Balaban J connectivity index is 2.55. The van der Waals surface area contributed by atoms with Crippen molar-refractivity contribution >= 4 is 0 Å². The highest BCUT2D eigenvalue weighted by molar-refractivity contribution is 5.00. The molecule has 1 rings (SSSR count). The van der Waals surface area contributed by atoms with Gasteiger partial charge in [-0.2, -0.15) is 10.4 Å². The smallest absolute Gasteiger partial charge is 0.0950 e. The first-order valence-electron chi connectivity index (χ1n) is 4.22. The third-order valence-corrected chi connectivity index (χ3v) is 2.03. The Kier molecular flexibility index (Phi) is 3.04. The van der Waals surface area contributed by atoms with Crippen LogP contribution in [0, 0.1) is 11.3 Å². The van der Waals surface area contributed by atoms with Gasteiger partial charge in [0.25, 0.3) is 0 Å². The van der Waals surface area contributed by atoms with Crippen molar-refractivity contribution in [1.29, 1.82) is 5.26 Å². The number of hydrogen-bond acceptors (Lipinski definition) is 3. The molecule has 0 aliphatic carbocycles. The molecule has 1 aromatic heterocycles. The molecular weight excluding hydrogens is 164 g/mol. The Morgan fingerprint density at radius 1 is 1.77 bits per heavy atom. The zero-order valence-corrected chi connectivity index (χ0v) is 8.23. The van der Waals surface area contributed by atoms with Gasteiger partial charge in [-0.25, -0.2) is 0 Å².